The molecule has 0 bridgehead atoms. The molecule has 2 nitrogen and oxygen atoms in total. The number of hydrogen-bond donors (Lipinski definition) is 0. The van der Waals surface area contributed by atoms with E-state index in [9.17, 15) is 4.79 Å². The van der Waals surface area contributed by atoms with E-state index in [2.05, 4.69) is 10.3 Å². The number of fused-ring (bicyclic) bond motifs is 1. The number of aryl methyl sites for hydroxylation is 1. The average Bonchev–Trinajstić information content (AvgIpc) is 2.89. The van der Waals surface area contributed by atoms with Gasteiger partial charge in [-0.05, 0) is 42.5 Å². The molecule has 86 valence electrons. The Kier molecular flexibility index (Phi) is 2.51. The molecule has 2 atom stereocenters. The van der Waals surface area contributed by atoms with Gasteiger partial charge >= 0.3 is 0 Å². The monoisotopic (exact) mass is 235 g/mol. The number of carbonyl (C=O) groups excluding carboxylic acids is 1. The number of likely N-dealkylation sites (tertiary alicyclic amines) is 1. The lowest BCUT2D eigenvalue weighted by atomic mass is 10.0. The van der Waals surface area contributed by atoms with Crippen LogP contribution >= 0.6 is 11.3 Å². The van der Waals surface area contributed by atoms with E-state index < -0.39 is 0 Å². The number of thiophene rings is 1. The zero-order chi connectivity index (χ0) is 11.1. The number of nitrogens with zero attached hydrogens (tertiary/aromatic N) is 1. The van der Waals surface area contributed by atoms with Gasteiger partial charge in [-0.3, -0.25) is 4.79 Å². The van der Waals surface area contributed by atoms with Crippen molar-refractivity contribution in [2.45, 2.75) is 26.2 Å². The van der Waals surface area contributed by atoms with Crippen LogP contribution in [-0.2, 0) is 0 Å². The molecule has 1 saturated carbocycles. The van der Waals surface area contributed by atoms with Gasteiger partial charge in [0.2, 0.25) is 0 Å². The first-order chi connectivity index (χ1) is 7.75. The van der Waals surface area contributed by atoms with Gasteiger partial charge in [0.1, 0.15) is 0 Å². The second-order valence-electron chi connectivity index (χ2n) is 5.13. The van der Waals surface area contributed by atoms with E-state index in [1.165, 1.54) is 19.3 Å². The van der Waals surface area contributed by atoms with Gasteiger partial charge < -0.3 is 4.90 Å². The fraction of sp³-hybridized carbons (Fsp3) is 0.615. The van der Waals surface area contributed by atoms with Gasteiger partial charge in [0.25, 0.3) is 5.91 Å². The van der Waals surface area contributed by atoms with E-state index in [1.54, 1.807) is 11.3 Å². The van der Waals surface area contributed by atoms with E-state index in [0.717, 1.165) is 36.1 Å². The lowest BCUT2D eigenvalue weighted by molar-refractivity contribution is 0.0780. The van der Waals surface area contributed by atoms with Crippen LogP contribution in [0.5, 0.6) is 0 Å². The molecule has 2 aliphatic rings. The first kappa shape index (κ1) is 10.3. The summed E-state index contributed by atoms with van der Waals surface area (Å²) in [6.45, 7) is 4.03. The van der Waals surface area contributed by atoms with Crippen LogP contribution in [0.1, 0.15) is 35.2 Å². The largest absolute Gasteiger partial charge is 0.338 e. The highest BCUT2D eigenvalue weighted by Crippen LogP contribution is 2.38. The van der Waals surface area contributed by atoms with Crippen LogP contribution in [-0.4, -0.2) is 23.9 Å². The molecule has 1 amide bonds. The van der Waals surface area contributed by atoms with Crippen molar-refractivity contribution < 1.29 is 4.79 Å². The summed E-state index contributed by atoms with van der Waals surface area (Å²) in [4.78, 5) is 14.4. The predicted octanol–water partition coefficient (Wildman–Crippen LogP) is 2.93. The normalized spacial score (nSPS) is 28.4. The van der Waals surface area contributed by atoms with E-state index in [1.807, 2.05) is 12.3 Å². The molecule has 3 rings (SSSR count). The zero-order valence-corrected chi connectivity index (χ0v) is 10.4. The minimum absolute atomic E-state index is 0.258. The number of rotatable bonds is 1. The third-order valence-electron chi connectivity index (χ3n) is 4.10. The van der Waals surface area contributed by atoms with Crippen molar-refractivity contribution in [3.05, 3.63) is 21.9 Å². The van der Waals surface area contributed by atoms with Crippen LogP contribution in [0.4, 0.5) is 0 Å². The van der Waals surface area contributed by atoms with Gasteiger partial charge in [-0.1, -0.05) is 6.42 Å². The standard InChI is InChI=1S/C13H17NOS/c1-9-7-16-8-12(9)13(15)14-5-10-3-2-4-11(10)6-14/h7-8,10-11H,2-6H2,1H3. The Hall–Kier alpha value is -0.830. The maximum atomic E-state index is 12.3. The molecule has 3 heteroatoms. The van der Waals surface area contributed by atoms with Crippen molar-refractivity contribution in [2.75, 3.05) is 13.1 Å². The van der Waals surface area contributed by atoms with Crippen LogP contribution in [0.25, 0.3) is 0 Å². The number of carbonyl (C=O) groups is 1. The fourth-order valence-electron chi connectivity index (χ4n) is 3.15. The van der Waals surface area contributed by atoms with Gasteiger partial charge in [0.05, 0.1) is 5.56 Å². The highest BCUT2D eigenvalue weighted by Gasteiger charge is 2.38. The molecule has 2 unspecified atom stereocenters. The van der Waals surface area contributed by atoms with Gasteiger partial charge in [-0.25, -0.2) is 0 Å². The summed E-state index contributed by atoms with van der Waals surface area (Å²) >= 11 is 1.63. The van der Waals surface area contributed by atoms with Crippen LogP contribution in [0.15, 0.2) is 10.8 Å². The summed E-state index contributed by atoms with van der Waals surface area (Å²) in [6, 6.07) is 0. The summed E-state index contributed by atoms with van der Waals surface area (Å²) in [6.07, 6.45) is 4.03. The summed E-state index contributed by atoms with van der Waals surface area (Å²) in [5, 5.41) is 4.05. The van der Waals surface area contributed by atoms with E-state index in [4.69, 9.17) is 0 Å². The van der Waals surface area contributed by atoms with Crippen LogP contribution in [0, 0.1) is 18.8 Å². The quantitative estimate of drug-likeness (QED) is 0.733. The first-order valence-corrected chi connectivity index (χ1v) is 7.02. The zero-order valence-electron chi connectivity index (χ0n) is 9.61. The maximum absolute atomic E-state index is 12.3. The van der Waals surface area contributed by atoms with Crippen molar-refractivity contribution in [3.63, 3.8) is 0 Å². The topological polar surface area (TPSA) is 20.3 Å². The Morgan fingerprint density at radius 2 is 2.00 bits per heavy atom. The Bertz CT molecular complexity index is 400. The molecule has 1 aliphatic carbocycles. The average molecular weight is 235 g/mol. The second kappa shape index (κ2) is 3.88. The first-order valence-electron chi connectivity index (χ1n) is 6.08. The summed E-state index contributed by atoms with van der Waals surface area (Å²) < 4.78 is 0. The van der Waals surface area contributed by atoms with Crippen molar-refractivity contribution in [1.29, 1.82) is 0 Å². The molecule has 1 aromatic heterocycles. The Labute approximate surface area is 100 Å². The molecule has 16 heavy (non-hydrogen) atoms. The summed E-state index contributed by atoms with van der Waals surface area (Å²) in [7, 11) is 0. The second-order valence-corrected chi connectivity index (χ2v) is 5.87. The molecule has 0 radical (unpaired) electrons. The van der Waals surface area contributed by atoms with Crippen LogP contribution < -0.4 is 0 Å². The summed E-state index contributed by atoms with van der Waals surface area (Å²) in [5.74, 6) is 1.85. The minimum Gasteiger partial charge on any atom is -0.338 e. The van der Waals surface area contributed by atoms with Gasteiger partial charge in [-0.15, -0.1) is 0 Å². The van der Waals surface area contributed by atoms with Gasteiger partial charge in [0.15, 0.2) is 0 Å². The van der Waals surface area contributed by atoms with Crippen molar-refractivity contribution in [2.24, 2.45) is 11.8 Å². The fourth-order valence-corrected chi connectivity index (χ4v) is 3.97. The molecule has 0 spiro atoms. The van der Waals surface area contributed by atoms with Gasteiger partial charge in [-0.2, -0.15) is 11.3 Å². The SMILES string of the molecule is Cc1cscc1C(=O)N1CC2CCCC2C1. The molecule has 1 aliphatic heterocycles. The third kappa shape index (κ3) is 1.58. The van der Waals surface area contributed by atoms with Crippen molar-refractivity contribution in [1.82, 2.24) is 4.90 Å². The van der Waals surface area contributed by atoms with E-state index in [0.29, 0.717) is 0 Å². The summed E-state index contributed by atoms with van der Waals surface area (Å²) in [5.41, 5.74) is 2.05. The Morgan fingerprint density at radius 1 is 1.31 bits per heavy atom. The number of hydrogen-bond acceptors (Lipinski definition) is 2. The Morgan fingerprint density at radius 3 is 2.56 bits per heavy atom. The molecule has 1 aromatic rings. The molecule has 0 aromatic carbocycles. The molecular weight excluding hydrogens is 218 g/mol. The smallest absolute Gasteiger partial charge is 0.254 e. The molecule has 2 heterocycles. The lowest BCUT2D eigenvalue weighted by Gasteiger charge is -2.17. The molecule has 1 saturated heterocycles. The molecule has 0 N–H and O–H groups in total. The van der Waals surface area contributed by atoms with E-state index in [-0.39, 0.29) is 5.91 Å². The van der Waals surface area contributed by atoms with Crippen LogP contribution in [0.3, 0.4) is 0 Å². The number of amides is 1. The van der Waals surface area contributed by atoms with Crippen LogP contribution in [0.2, 0.25) is 0 Å². The van der Waals surface area contributed by atoms with Crippen molar-refractivity contribution >= 4 is 17.2 Å². The predicted molar refractivity (Wildman–Crippen MR) is 65.8 cm³/mol. The van der Waals surface area contributed by atoms with Crippen molar-refractivity contribution in [3.8, 4) is 0 Å². The minimum atomic E-state index is 0.258. The lowest BCUT2D eigenvalue weighted by Crippen LogP contribution is -2.29. The highest BCUT2D eigenvalue weighted by molar-refractivity contribution is 7.08. The van der Waals surface area contributed by atoms with Gasteiger partial charge in [0, 0.05) is 18.5 Å². The third-order valence-corrected chi connectivity index (χ3v) is 4.96. The van der Waals surface area contributed by atoms with E-state index >= 15 is 0 Å². The highest BCUT2D eigenvalue weighted by atomic mass is 32.1. The molecular formula is C13H17NOS. The maximum Gasteiger partial charge on any atom is 0.254 e. The molecule has 2 fully saturated rings. The Balaban J connectivity index is 1.75.